The van der Waals surface area contributed by atoms with Gasteiger partial charge >= 0.3 is 0 Å². The first-order valence-electron chi connectivity index (χ1n) is 8.11. The quantitative estimate of drug-likeness (QED) is 0.703. The Morgan fingerprint density at radius 3 is 2.67 bits per heavy atom. The molecule has 1 unspecified atom stereocenters. The number of aryl methyl sites for hydroxylation is 1. The summed E-state index contributed by atoms with van der Waals surface area (Å²) in [6.45, 7) is 2.32. The second-order valence-corrected chi connectivity index (χ2v) is 7.54. The molecule has 1 aliphatic heterocycles. The monoisotopic (exact) mass is 349 g/mol. The molecule has 1 aromatic rings. The van der Waals surface area contributed by atoms with Gasteiger partial charge in [0.15, 0.2) is 0 Å². The molecule has 114 valence electrons. The zero-order chi connectivity index (χ0) is 15.0. The van der Waals surface area contributed by atoms with Gasteiger partial charge in [-0.05, 0) is 48.3 Å². The first-order valence-corrected chi connectivity index (χ1v) is 9.02. The molecule has 0 spiro atoms. The number of alkyl halides is 1. The van der Waals surface area contributed by atoms with Gasteiger partial charge in [0.05, 0.1) is 0 Å². The van der Waals surface area contributed by atoms with E-state index in [0.29, 0.717) is 16.7 Å². The normalized spacial score (nSPS) is 22.2. The van der Waals surface area contributed by atoms with E-state index >= 15 is 0 Å². The van der Waals surface area contributed by atoms with Crippen molar-refractivity contribution >= 4 is 27.5 Å². The van der Waals surface area contributed by atoms with Crippen LogP contribution >= 0.6 is 15.9 Å². The van der Waals surface area contributed by atoms with E-state index in [-0.39, 0.29) is 5.91 Å². The van der Waals surface area contributed by atoms with Gasteiger partial charge in [-0.3, -0.25) is 4.79 Å². The van der Waals surface area contributed by atoms with Crippen molar-refractivity contribution in [3.63, 3.8) is 0 Å². The summed E-state index contributed by atoms with van der Waals surface area (Å²) in [5.41, 5.74) is 4.22. The standard InChI is InChI=1S/C18H24BrNO/c1-3-18(10-4-5-11-18)17(19)14-6-8-15-13(12-14)7-9-16(21)20(15)2/h6,8,12,17H,3-5,7,9-11H2,1-2H3. The number of carbonyl (C=O) groups is 1. The van der Waals surface area contributed by atoms with Gasteiger partial charge in [-0.1, -0.05) is 47.8 Å². The fraction of sp³-hybridized carbons (Fsp3) is 0.611. The number of hydrogen-bond acceptors (Lipinski definition) is 1. The fourth-order valence-corrected chi connectivity index (χ4v) is 5.12. The number of nitrogens with zero attached hydrogens (tertiary/aromatic N) is 1. The van der Waals surface area contributed by atoms with Crippen molar-refractivity contribution in [2.24, 2.45) is 5.41 Å². The maximum absolute atomic E-state index is 11.8. The second-order valence-electron chi connectivity index (χ2n) is 6.63. The first kappa shape index (κ1) is 15.1. The fourth-order valence-electron chi connectivity index (χ4n) is 4.05. The van der Waals surface area contributed by atoms with Gasteiger partial charge in [0.2, 0.25) is 5.91 Å². The molecule has 1 amide bonds. The molecule has 0 saturated heterocycles. The third-order valence-corrected chi connectivity index (χ3v) is 7.08. The SMILES string of the molecule is CCC1(C(Br)c2ccc3c(c2)CCC(=O)N3C)CCCC1. The molecule has 1 aromatic carbocycles. The molecule has 0 N–H and O–H groups in total. The molecule has 0 aromatic heterocycles. The number of fused-ring (bicyclic) bond motifs is 1. The molecular formula is C18H24BrNO. The summed E-state index contributed by atoms with van der Waals surface area (Å²) in [7, 11) is 1.89. The van der Waals surface area contributed by atoms with Crippen molar-refractivity contribution in [2.75, 3.05) is 11.9 Å². The van der Waals surface area contributed by atoms with Gasteiger partial charge in [-0.2, -0.15) is 0 Å². The Morgan fingerprint density at radius 1 is 1.29 bits per heavy atom. The van der Waals surface area contributed by atoms with Crippen LogP contribution < -0.4 is 4.90 Å². The Labute approximate surface area is 136 Å². The topological polar surface area (TPSA) is 20.3 Å². The van der Waals surface area contributed by atoms with Gasteiger partial charge in [0.1, 0.15) is 0 Å². The van der Waals surface area contributed by atoms with Crippen LogP contribution in [0.3, 0.4) is 0 Å². The molecule has 0 bridgehead atoms. The minimum atomic E-state index is 0.228. The molecule has 2 nitrogen and oxygen atoms in total. The number of anilines is 1. The van der Waals surface area contributed by atoms with Crippen molar-refractivity contribution in [1.82, 2.24) is 0 Å². The maximum atomic E-state index is 11.8. The van der Waals surface area contributed by atoms with E-state index in [0.717, 1.165) is 12.1 Å². The molecule has 21 heavy (non-hydrogen) atoms. The first-order chi connectivity index (χ1) is 10.1. The van der Waals surface area contributed by atoms with Crippen molar-refractivity contribution in [3.05, 3.63) is 29.3 Å². The van der Waals surface area contributed by atoms with Gasteiger partial charge in [0.25, 0.3) is 0 Å². The lowest BCUT2D eigenvalue weighted by Crippen LogP contribution is -2.31. The second kappa shape index (κ2) is 5.75. The highest BCUT2D eigenvalue weighted by Gasteiger charge is 2.39. The molecule has 1 aliphatic carbocycles. The number of hydrogen-bond donors (Lipinski definition) is 0. The number of carbonyl (C=O) groups excluding carboxylic acids is 1. The number of rotatable bonds is 3. The summed E-state index contributed by atoms with van der Waals surface area (Å²) >= 11 is 4.00. The summed E-state index contributed by atoms with van der Waals surface area (Å²) in [5, 5.41) is 0. The highest BCUT2D eigenvalue weighted by Crippen LogP contribution is 2.54. The number of halogens is 1. The summed E-state index contributed by atoms with van der Waals surface area (Å²) in [6, 6.07) is 6.67. The molecule has 0 radical (unpaired) electrons. The molecule has 1 saturated carbocycles. The van der Waals surface area contributed by atoms with E-state index < -0.39 is 0 Å². The van der Waals surface area contributed by atoms with Crippen LogP contribution in [-0.2, 0) is 11.2 Å². The smallest absolute Gasteiger partial charge is 0.227 e. The van der Waals surface area contributed by atoms with Crippen LogP contribution in [0.1, 0.15) is 61.4 Å². The van der Waals surface area contributed by atoms with E-state index in [9.17, 15) is 4.79 Å². The largest absolute Gasteiger partial charge is 0.315 e. The van der Waals surface area contributed by atoms with Crippen LogP contribution in [0.15, 0.2) is 18.2 Å². The molecule has 2 aliphatic rings. The van der Waals surface area contributed by atoms with Crippen molar-refractivity contribution in [1.29, 1.82) is 0 Å². The van der Waals surface area contributed by atoms with E-state index in [2.05, 4.69) is 41.1 Å². The van der Waals surface area contributed by atoms with Crippen LogP contribution in [-0.4, -0.2) is 13.0 Å². The minimum absolute atomic E-state index is 0.228. The lowest BCUT2D eigenvalue weighted by atomic mass is 9.77. The van der Waals surface area contributed by atoms with Crippen LogP contribution in [0, 0.1) is 5.41 Å². The van der Waals surface area contributed by atoms with Crippen LogP contribution in [0.5, 0.6) is 0 Å². The number of amides is 1. The highest BCUT2D eigenvalue weighted by atomic mass is 79.9. The molecule has 3 heteroatoms. The Bertz CT molecular complexity index is 548. The van der Waals surface area contributed by atoms with Crippen LogP contribution in [0.25, 0.3) is 0 Å². The molecule has 3 rings (SSSR count). The van der Waals surface area contributed by atoms with Crippen LogP contribution in [0.2, 0.25) is 0 Å². The molecule has 1 heterocycles. The summed E-state index contributed by atoms with van der Waals surface area (Å²) < 4.78 is 0. The lowest BCUT2D eigenvalue weighted by molar-refractivity contribution is -0.118. The summed E-state index contributed by atoms with van der Waals surface area (Å²) in [6.07, 6.45) is 8.13. The van der Waals surface area contributed by atoms with Crippen molar-refractivity contribution in [3.8, 4) is 0 Å². The van der Waals surface area contributed by atoms with E-state index in [1.807, 2.05) is 7.05 Å². The van der Waals surface area contributed by atoms with Gasteiger partial charge in [0, 0.05) is 24.0 Å². The number of benzene rings is 1. The average molecular weight is 350 g/mol. The van der Waals surface area contributed by atoms with E-state index in [1.54, 1.807) is 4.90 Å². The molecule has 1 fully saturated rings. The van der Waals surface area contributed by atoms with Crippen LogP contribution in [0.4, 0.5) is 5.69 Å². The molecular weight excluding hydrogens is 326 g/mol. The third kappa shape index (κ3) is 2.54. The van der Waals surface area contributed by atoms with Crippen molar-refractivity contribution in [2.45, 2.75) is 56.7 Å². The Hall–Kier alpha value is -0.830. The summed E-state index contributed by atoms with van der Waals surface area (Å²) in [4.78, 5) is 14.0. The zero-order valence-corrected chi connectivity index (χ0v) is 14.6. The predicted octanol–water partition coefficient (Wildman–Crippen LogP) is 5.00. The van der Waals surface area contributed by atoms with Crippen molar-refractivity contribution < 1.29 is 4.79 Å². The Balaban J connectivity index is 1.92. The summed E-state index contributed by atoms with van der Waals surface area (Å²) in [5.74, 6) is 0.228. The maximum Gasteiger partial charge on any atom is 0.227 e. The van der Waals surface area contributed by atoms with Gasteiger partial charge in [-0.25, -0.2) is 0 Å². The third-order valence-electron chi connectivity index (χ3n) is 5.58. The Morgan fingerprint density at radius 2 is 2.00 bits per heavy atom. The Kier molecular flexibility index (Phi) is 4.13. The predicted molar refractivity (Wildman–Crippen MR) is 91.0 cm³/mol. The zero-order valence-electron chi connectivity index (χ0n) is 13.0. The lowest BCUT2D eigenvalue weighted by Gasteiger charge is -2.34. The minimum Gasteiger partial charge on any atom is -0.315 e. The highest BCUT2D eigenvalue weighted by molar-refractivity contribution is 9.09. The van der Waals surface area contributed by atoms with Gasteiger partial charge in [-0.15, -0.1) is 0 Å². The van der Waals surface area contributed by atoms with E-state index in [4.69, 9.17) is 0 Å². The molecule has 1 atom stereocenters. The van der Waals surface area contributed by atoms with E-state index in [1.165, 1.54) is 43.2 Å². The average Bonchev–Trinajstić information content (AvgIpc) is 3.00. The van der Waals surface area contributed by atoms with Gasteiger partial charge < -0.3 is 4.90 Å².